The molecule has 0 heterocycles. The molecule has 0 atom stereocenters. The van der Waals surface area contributed by atoms with E-state index >= 15 is 0 Å². The molecule has 88 valence electrons. The van der Waals surface area contributed by atoms with Crippen molar-refractivity contribution in [3.63, 3.8) is 0 Å². The second kappa shape index (κ2) is 5.03. The summed E-state index contributed by atoms with van der Waals surface area (Å²) >= 11 is 11.6. The van der Waals surface area contributed by atoms with Crippen LogP contribution in [0.2, 0.25) is 5.02 Å². The number of nitrogens with zero attached hydrogens (tertiary/aromatic N) is 2. The van der Waals surface area contributed by atoms with Crippen molar-refractivity contribution < 1.29 is 8.42 Å². The molecule has 0 aliphatic carbocycles. The van der Waals surface area contributed by atoms with Crippen LogP contribution in [0.1, 0.15) is 5.56 Å². The minimum Gasteiger partial charge on any atom is -0.205 e. The fourth-order valence-electron chi connectivity index (χ4n) is 0.843. The van der Waals surface area contributed by atoms with Crippen molar-refractivity contribution in [2.75, 3.05) is 13.3 Å². The summed E-state index contributed by atoms with van der Waals surface area (Å²) in [6, 6.07) is 6.61. The molecule has 1 aromatic carbocycles. The minimum atomic E-state index is -3.38. The van der Waals surface area contributed by atoms with Crippen molar-refractivity contribution in [2.45, 2.75) is 0 Å². The van der Waals surface area contributed by atoms with E-state index in [0.717, 1.165) is 10.7 Å². The fraction of sp³-hybridized carbons (Fsp3) is 0.222. The largest absolute Gasteiger partial charge is 0.246 e. The van der Waals surface area contributed by atoms with E-state index < -0.39 is 10.0 Å². The van der Waals surface area contributed by atoms with Crippen LogP contribution in [0.25, 0.3) is 0 Å². The maximum Gasteiger partial charge on any atom is 0.246 e. The third-order valence-corrected chi connectivity index (χ3v) is 3.38. The quantitative estimate of drug-likeness (QED) is 0.629. The summed E-state index contributed by atoms with van der Waals surface area (Å²) in [6.07, 6.45) is 1.04. The summed E-state index contributed by atoms with van der Waals surface area (Å²) in [4.78, 5) is 0. The maximum absolute atomic E-state index is 11.1. The number of benzene rings is 1. The average Bonchev–Trinajstić information content (AvgIpc) is 2.17. The van der Waals surface area contributed by atoms with Gasteiger partial charge >= 0.3 is 0 Å². The Balaban J connectivity index is 2.98. The molecule has 0 saturated heterocycles. The van der Waals surface area contributed by atoms with Crippen LogP contribution in [-0.4, -0.2) is 31.3 Å². The standard InChI is InChI=1S/C9H10Cl2N2O2S/c1-13(16(2,14)15)12-9(11)7-3-5-8(10)6-4-7/h3-6H,1-2H3. The lowest BCUT2D eigenvalue weighted by Crippen LogP contribution is -2.20. The third kappa shape index (κ3) is 3.66. The normalized spacial score (nSPS) is 12.6. The molecule has 0 fully saturated rings. The molecule has 0 amide bonds. The highest BCUT2D eigenvalue weighted by Crippen LogP contribution is 2.12. The van der Waals surface area contributed by atoms with Gasteiger partial charge in [0.1, 0.15) is 0 Å². The van der Waals surface area contributed by atoms with Crippen molar-refractivity contribution in [1.82, 2.24) is 4.41 Å². The predicted molar refractivity (Wildman–Crippen MR) is 66.4 cm³/mol. The fourth-order valence-corrected chi connectivity index (χ4v) is 1.48. The minimum absolute atomic E-state index is 0.0876. The van der Waals surface area contributed by atoms with Crippen molar-refractivity contribution >= 4 is 38.4 Å². The molecular weight excluding hydrogens is 271 g/mol. The predicted octanol–water partition coefficient (Wildman–Crippen LogP) is 2.13. The topological polar surface area (TPSA) is 49.7 Å². The van der Waals surface area contributed by atoms with E-state index in [-0.39, 0.29) is 5.17 Å². The van der Waals surface area contributed by atoms with Crippen LogP contribution in [0.4, 0.5) is 0 Å². The van der Waals surface area contributed by atoms with Crippen LogP contribution in [0, 0.1) is 0 Å². The van der Waals surface area contributed by atoms with Gasteiger partial charge in [-0.3, -0.25) is 0 Å². The summed E-state index contributed by atoms with van der Waals surface area (Å²) < 4.78 is 23.0. The summed E-state index contributed by atoms with van der Waals surface area (Å²) in [5.41, 5.74) is 0.599. The lowest BCUT2D eigenvalue weighted by atomic mass is 10.2. The number of halogens is 2. The van der Waals surface area contributed by atoms with Crippen molar-refractivity contribution in [3.05, 3.63) is 34.9 Å². The van der Waals surface area contributed by atoms with Crippen LogP contribution >= 0.6 is 23.2 Å². The zero-order valence-electron chi connectivity index (χ0n) is 8.68. The van der Waals surface area contributed by atoms with Gasteiger partial charge in [0, 0.05) is 17.6 Å². The van der Waals surface area contributed by atoms with Gasteiger partial charge in [-0.25, -0.2) is 8.42 Å². The second-order valence-corrected chi connectivity index (χ2v) is 5.88. The summed E-state index contributed by atoms with van der Waals surface area (Å²) in [6.45, 7) is 0. The number of sulfonamides is 1. The number of rotatable bonds is 3. The van der Waals surface area contributed by atoms with Crippen LogP contribution in [-0.2, 0) is 10.0 Å². The molecular formula is C9H10Cl2N2O2S. The van der Waals surface area contributed by atoms with Gasteiger partial charge in [0.15, 0.2) is 5.17 Å². The van der Waals surface area contributed by atoms with Crippen LogP contribution < -0.4 is 0 Å². The van der Waals surface area contributed by atoms with Crippen molar-refractivity contribution in [1.29, 1.82) is 0 Å². The number of hydrogen-bond donors (Lipinski definition) is 0. The summed E-state index contributed by atoms with van der Waals surface area (Å²) in [7, 11) is -2.07. The Labute approximate surface area is 105 Å². The highest BCUT2D eigenvalue weighted by atomic mass is 35.5. The smallest absolute Gasteiger partial charge is 0.205 e. The van der Waals surface area contributed by atoms with E-state index in [1.807, 2.05) is 0 Å². The van der Waals surface area contributed by atoms with E-state index in [1.54, 1.807) is 24.3 Å². The molecule has 0 saturated carbocycles. The van der Waals surface area contributed by atoms with Crippen LogP contribution in [0.15, 0.2) is 29.4 Å². The van der Waals surface area contributed by atoms with E-state index in [9.17, 15) is 8.42 Å². The monoisotopic (exact) mass is 280 g/mol. The first-order valence-corrected chi connectivity index (χ1v) is 6.85. The Morgan fingerprint density at radius 2 is 1.81 bits per heavy atom. The van der Waals surface area contributed by atoms with E-state index in [0.29, 0.717) is 10.6 Å². The van der Waals surface area contributed by atoms with Crippen LogP contribution in [0.3, 0.4) is 0 Å². The summed E-state index contributed by atoms with van der Waals surface area (Å²) in [5.74, 6) is 0. The van der Waals surface area contributed by atoms with E-state index in [1.165, 1.54) is 7.05 Å². The molecule has 0 unspecified atom stereocenters. The Morgan fingerprint density at radius 1 is 1.31 bits per heavy atom. The molecule has 0 aliphatic heterocycles. The first-order valence-electron chi connectivity index (χ1n) is 4.24. The SMILES string of the molecule is CN(N=C(Cl)c1ccc(Cl)cc1)S(C)(=O)=O. The van der Waals surface area contributed by atoms with E-state index in [4.69, 9.17) is 23.2 Å². The second-order valence-electron chi connectivity index (χ2n) is 3.09. The lowest BCUT2D eigenvalue weighted by Gasteiger charge is -2.10. The molecule has 0 bridgehead atoms. The molecule has 16 heavy (non-hydrogen) atoms. The Bertz CT molecular complexity index is 497. The highest BCUT2D eigenvalue weighted by molar-refractivity contribution is 7.88. The molecule has 7 heteroatoms. The van der Waals surface area contributed by atoms with Gasteiger partial charge < -0.3 is 0 Å². The molecule has 0 aliphatic rings. The van der Waals surface area contributed by atoms with Crippen molar-refractivity contribution in [2.24, 2.45) is 5.10 Å². The van der Waals surface area contributed by atoms with Gasteiger partial charge in [-0.2, -0.15) is 9.52 Å². The lowest BCUT2D eigenvalue weighted by molar-refractivity contribution is 0.496. The van der Waals surface area contributed by atoms with Gasteiger partial charge in [0.25, 0.3) is 0 Å². The molecule has 0 radical (unpaired) electrons. The summed E-state index contributed by atoms with van der Waals surface area (Å²) in [5, 5.41) is 4.39. The average molecular weight is 281 g/mol. The maximum atomic E-state index is 11.1. The number of hydrazone groups is 1. The van der Waals surface area contributed by atoms with Gasteiger partial charge in [-0.15, -0.1) is 0 Å². The van der Waals surface area contributed by atoms with E-state index in [2.05, 4.69) is 5.10 Å². The first kappa shape index (κ1) is 13.3. The van der Waals surface area contributed by atoms with Gasteiger partial charge in [0.2, 0.25) is 10.0 Å². The Morgan fingerprint density at radius 3 is 2.25 bits per heavy atom. The first-order chi connectivity index (χ1) is 7.30. The molecule has 0 N–H and O–H groups in total. The van der Waals surface area contributed by atoms with Gasteiger partial charge in [-0.05, 0) is 12.1 Å². The molecule has 4 nitrogen and oxygen atoms in total. The molecule has 0 aromatic heterocycles. The zero-order valence-corrected chi connectivity index (χ0v) is 11.0. The van der Waals surface area contributed by atoms with Gasteiger partial charge in [-0.1, -0.05) is 35.3 Å². The third-order valence-electron chi connectivity index (χ3n) is 1.79. The molecule has 1 rings (SSSR count). The highest BCUT2D eigenvalue weighted by Gasteiger charge is 2.09. The van der Waals surface area contributed by atoms with Gasteiger partial charge in [0.05, 0.1) is 6.26 Å². The molecule has 1 aromatic rings. The Hall–Kier alpha value is -0.780. The van der Waals surface area contributed by atoms with Crippen LogP contribution in [0.5, 0.6) is 0 Å². The number of hydrogen-bond acceptors (Lipinski definition) is 3. The molecule has 0 spiro atoms. The zero-order chi connectivity index (χ0) is 12.3. The van der Waals surface area contributed by atoms with Crippen molar-refractivity contribution in [3.8, 4) is 0 Å². The Kier molecular flexibility index (Phi) is 4.18.